The van der Waals surface area contributed by atoms with Gasteiger partial charge in [0, 0.05) is 18.0 Å². The summed E-state index contributed by atoms with van der Waals surface area (Å²) in [5.41, 5.74) is 0.936. The average molecular weight is 289 g/mol. The van der Waals surface area contributed by atoms with Gasteiger partial charge in [-0.3, -0.25) is 4.79 Å². The summed E-state index contributed by atoms with van der Waals surface area (Å²) >= 11 is 0. The summed E-state index contributed by atoms with van der Waals surface area (Å²) in [5, 5.41) is 3.83. The van der Waals surface area contributed by atoms with E-state index in [0.29, 0.717) is 16.6 Å². The van der Waals surface area contributed by atoms with Gasteiger partial charge in [0.1, 0.15) is 5.82 Å². The zero-order valence-electron chi connectivity index (χ0n) is 12.0. The highest BCUT2D eigenvalue weighted by molar-refractivity contribution is 5.82. The van der Waals surface area contributed by atoms with Crippen molar-refractivity contribution in [2.75, 3.05) is 31.5 Å². The lowest BCUT2D eigenvalue weighted by Crippen LogP contribution is -2.22. The highest BCUT2D eigenvalue weighted by atomic mass is 19.1. The van der Waals surface area contributed by atoms with Crippen LogP contribution in [0.1, 0.15) is 19.3 Å². The van der Waals surface area contributed by atoms with Crippen LogP contribution in [0, 0.1) is 5.82 Å². The number of hydrogen-bond donors (Lipinski definition) is 2. The SMILES string of the molecule is O=c1ccc2cc(F)c(NCCCN3CCCC3)cc2[nH]1. The molecule has 1 aromatic carbocycles. The van der Waals surface area contributed by atoms with E-state index in [1.165, 1.54) is 38.1 Å². The lowest BCUT2D eigenvalue weighted by molar-refractivity contribution is 0.337. The third-order valence-corrected chi connectivity index (χ3v) is 3.98. The van der Waals surface area contributed by atoms with Crippen molar-refractivity contribution in [3.63, 3.8) is 0 Å². The van der Waals surface area contributed by atoms with Crippen LogP contribution in [0.2, 0.25) is 0 Å². The molecular formula is C16H20FN3O. The molecule has 21 heavy (non-hydrogen) atoms. The minimum atomic E-state index is -0.282. The van der Waals surface area contributed by atoms with Crippen LogP contribution in [0.4, 0.5) is 10.1 Å². The molecule has 0 bridgehead atoms. The largest absolute Gasteiger partial charge is 0.383 e. The number of H-pyrrole nitrogens is 1. The lowest BCUT2D eigenvalue weighted by Gasteiger charge is -2.15. The molecule has 2 heterocycles. The second-order valence-electron chi connectivity index (χ2n) is 5.57. The van der Waals surface area contributed by atoms with E-state index in [1.807, 2.05) is 0 Å². The summed E-state index contributed by atoms with van der Waals surface area (Å²) in [4.78, 5) is 16.5. The lowest BCUT2D eigenvalue weighted by atomic mass is 10.2. The number of likely N-dealkylation sites (tertiary alicyclic amines) is 1. The molecule has 0 spiro atoms. The fourth-order valence-electron chi connectivity index (χ4n) is 2.84. The number of anilines is 1. The molecular weight excluding hydrogens is 269 g/mol. The van der Waals surface area contributed by atoms with Crippen molar-refractivity contribution in [2.24, 2.45) is 0 Å². The van der Waals surface area contributed by atoms with Gasteiger partial charge < -0.3 is 15.2 Å². The third kappa shape index (κ3) is 3.42. The molecule has 2 N–H and O–H groups in total. The van der Waals surface area contributed by atoms with E-state index in [1.54, 1.807) is 12.1 Å². The molecule has 0 atom stereocenters. The fourth-order valence-corrected chi connectivity index (χ4v) is 2.84. The number of nitrogens with one attached hydrogen (secondary N) is 2. The van der Waals surface area contributed by atoms with Gasteiger partial charge in [-0.1, -0.05) is 0 Å². The Hall–Kier alpha value is -1.88. The Morgan fingerprint density at radius 1 is 1.24 bits per heavy atom. The Morgan fingerprint density at radius 3 is 2.86 bits per heavy atom. The average Bonchev–Trinajstić information content (AvgIpc) is 2.97. The molecule has 1 aliphatic rings. The number of halogens is 1. The zero-order valence-corrected chi connectivity index (χ0v) is 12.0. The molecule has 1 aromatic heterocycles. The first-order chi connectivity index (χ1) is 10.2. The quantitative estimate of drug-likeness (QED) is 0.832. The monoisotopic (exact) mass is 289 g/mol. The van der Waals surface area contributed by atoms with Crippen LogP contribution in [-0.4, -0.2) is 36.1 Å². The first kappa shape index (κ1) is 14.1. The highest BCUT2D eigenvalue weighted by Gasteiger charge is 2.10. The van der Waals surface area contributed by atoms with Crippen LogP contribution in [0.15, 0.2) is 29.1 Å². The van der Waals surface area contributed by atoms with E-state index < -0.39 is 0 Å². The van der Waals surface area contributed by atoms with Crippen LogP contribution in [0.5, 0.6) is 0 Å². The van der Waals surface area contributed by atoms with Crippen LogP contribution in [0.3, 0.4) is 0 Å². The number of aromatic nitrogens is 1. The van der Waals surface area contributed by atoms with E-state index >= 15 is 0 Å². The van der Waals surface area contributed by atoms with Gasteiger partial charge in [-0.05, 0) is 57.1 Å². The maximum atomic E-state index is 14.0. The molecule has 4 nitrogen and oxygen atoms in total. The molecule has 0 aliphatic carbocycles. The van der Waals surface area contributed by atoms with E-state index in [0.717, 1.165) is 19.5 Å². The number of pyridine rings is 1. The Balaban J connectivity index is 1.62. The van der Waals surface area contributed by atoms with Crippen LogP contribution in [0.25, 0.3) is 10.9 Å². The smallest absolute Gasteiger partial charge is 0.248 e. The number of benzene rings is 1. The first-order valence-electron chi connectivity index (χ1n) is 7.51. The van der Waals surface area contributed by atoms with Gasteiger partial charge in [0.2, 0.25) is 5.56 Å². The molecule has 1 aliphatic heterocycles. The van der Waals surface area contributed by atoms with Crippen molar-refractivity contribution >= 4 is 16.6 Å². The summed E-state index contributed by atoms with van der Waals surface area (Å²) in [6, 6.07) is 6.16. The molecule has 2 aromatic rings. The molecule has 3 rings (SSSR count). The Labute approximate surface area is 123 Å². The molecule has 0 radical (unpaired) electrons. The van der Waals surface area contributed by atoms with Crippen LogP contribution < -0.4 is 10.9 Å². The third-order valence-electron chi connectivity index (χ3n) is 3.98. The number of hydrogen-bond acceptors (Lipinski definition) is 3. The van der Waals surface area contributed by atoms with Crippen LogP contribution in [-0.2, 0) is 0 Å². The fraction of sp³-hybridized carbons (Fsp3) is 0.438. The van der Waals surface area contributed by atoms with Crippen LogP contribution >= 0.6 is 0 Å². The Bertz CT molecular complexity index is 677. The summed E-state index contributed by atoms with van der Waals surface area (Å²) in [5.74, 6) is -0.282. The van der Waals surface area contributed by atoms with Gasteiger partial charge in [-0.15, -0.1) is 0 Å². The summed E-state index contributed by atoms with van der Waals surface area (Å²) in [6.07, 6.45) is 3.57. The standard InChI is InChI=1S/C16H20FN3O/c17-13-10-12-4-5-16(21)19-14(12)11-15(13)18-6-3-9-20-7-1-2-8-20/h4-5,10-11,18H,1-3,6-9H2,(H,19,21). The summed E-state index contributed by atoms with van der Waals surface area (Å²) in [7, 11) is 0. The molecule has 0 unspecified atom stereocenters. The van der Waals surface area contributed by atoms with Crippen molar-refractivity contribution in [3.8, 4) is 0 Å². The van der Waals surface area contributed by atoms with Gasteiger partial charge in [0.05, 0.1) is 11.2 Å². The predicted octanol–water partition coefficient (Wildman–Crippen LogP) is 2.57. The molecule has 1 fully saturated rings. The molecule has 1 saturated heterocycles. The Morgan fingerprint density at radius 2 is 2.05 bits per heavy atom. The van der Waals surface area contributed by atoms with Crippen molar-refractivity contribution in [1.82, 2.24) is 9.88 Å². The van der Waals surface area contributed by atoms with Gasteiger partial charge in [0.15, 0.2) is 0 Å². The Kier molecular flexibility index (Phi) is 4.20. The number of aromatic amines is 1. The van der Waals surface area contributed by atoms with E-state index in [-0.39, 0.29) is 11.4 Å². The van der Waals surface area contributed by atoms with Crippen molar-refractivity contribution in [2.45, 2.75) is 19.3 Å². The maximum absolute atomic E-state index is 14.0. The molecule has 5 heteroatoms. The van der Waals surface area contributed by atoms with E-state index in [9.17, 15) is 9.18 Å². The van der Waals surface area contributed by atoms with Crippen molar-refractivity contribution < 1.29 is 4.39 Å². The first-order valence-corrected chi connectivity index (χ1v) is 7.51. The van der Waals surface area contributed by atoms with Crippen molar-refractivity contribution in [1.29, 1.82) is 0 Å². The second-order valence-corrected chi connectivity index (χ2v) is 5.57. The van der Waals surface area contributed by atoms with E-state index in [4.69, 9.17) is 0 Å². The molecule has 0 amide bonds. The number of nitrogens with zero attached hydrogens (tertiary/aromatic N) is 1. The zero-order chi connectivity index (χ0) is 14.7. The van der Waals surface area contributed by atoms with Gasteiger partial charge in [0.25, 0.3) is 0 Å². The normalized spacial score (nSPS) is 15.7. The maximum Gasteiger partial charge on any atom is 0.248 e. The molecule has 0 saturated carbocycles. The minimum absolute atomic E-state index is 0.172. The second kappa shape index (κ2) is 6.26. The number of fused-ring (bicyclic) bond motifs is 1. The summed E-state index contributed by atoms with van der Waals surface area (Å²) in [6.45, 7) is 4.16. The van der Waals surface area contributed by atoms with E-state index in [2.05, 4.69) is 15.2 Å². The topological polar surface area (TPSA) is 48.1 Å². The summed E-state index contributed by atoms with van der Waals surface area (Å²) < 4.78 is 14.0. The predicted molar refractivity (Wildman–Crippen MR) is 83.3 cm³/mol. The van der Waals surface area contributed by atoms with Gasteiger partial charge in [-0.2, -0.15) is 0 Å². The number of rotatable bonds is 5. The minimum Gasteiger partial charge on any atom is -0.383 e. The highest BCUT2D eigenvalue weighted by Crippen LogP contribution is 2.20. The van der Waals surface area contributed by atoms with Gasteiger partial charge in [-0.25, -0.2) is 4.39 Å². The van der Waals surface area contributed by atoms with Gasteiger partial charge >= 0.3 is 0 Å². The molecule has 112 valence electrons. The van der Waals surface area contributed by atoms with Crippen molar-refractivity contribution in [3.05, 3.63) is 40.4 Å².